The molecule has 0 heterocycles. The van der Waals surface area contributed by atoms with Crippen molar-refractivity contribution < 1.29 is 5.02 Å². The van der Waals surface area contributed by atoms with Crippen LogP contribution in [0.5, 0.6) is 0 Å². The molecule has 1 aliphatic carbocycles. The molecule has 9 heavy (non-hydrogen) atoms. The van der Waals surface area contributed by atoms with Crippen molar-refractivity contribution in [3.05, 3.63) is 12.1 Å². The Morgan fingerprint density at radius 1 is 1.33 bits per heavy atom. The van der Waals surface area contributed by atoms with Crippen LogP contribution in [0.2, 0.25) is 0 Å². The first kappa shape index (κ1) is 6.88. The zero-order valence-electron chi connectivity index (χ0n) is 5.59. The smallest absolute Gasteiger partial charge is 0.318 e. The van der Waals surface area contributed by atoms with Gasteiger partial charge in [-0.3, -0.25) is 0 Å². The summed E-state index contributed by atoms with van der Waals surface area (Å²) in [5.74, 6) is 2.48. The van der Waals surface area contributed by atoms with Gasteiger partial charge in [0.2, 0.25) is 0 Å². The van der Waals surface area contributed by atoms with Crippen LogP contribution in [0.3, 0.4) is 0 Å². The van der Waals surface area contributed by atoms with Crippen LogP contribution in [0, 0.1) is 5.92 Å². The van der Waals surface area contributed by atoms with Gasteiger partial charge in [0.25, 0.3) is 0 Å². The Hall–Kier alpha value is -0.235. The molecule has 49 valence electrons. The Balaban J connectivity index is 2.18. The van der Waals surface area contributed by atoms with Crippen molar-refractivity contribution in [1.82, 2.24) is 0 Å². The maximum Gasteiger partial charge on any atom is 0.318 e. The van der Waals surface area contributed by atoms with Gasteiger partial charge in [-0.05, 0) is 18.8 Å². The van der Waals surface area contributed by atoms with E-state index in [2.05, 4.69) is 6.08 Å². The zero-order valence-corrected chi connectivity index (χ0v) is 5.59. The maximum atomic E-state index is 8.31. The Kier molecular flexibility index (Phi) is 2.85. The van der Waals surface area contributed by atoms with Crippen LogP contribution in [-0.2, 0) is 0 Å². The Morgan fingerprint density at radius 2 is 2.00 bits per heavy atom. The predicted octanol–water partition coefficient (Wildman–Crippen LogP) is 1.30. The van der Waals surface area contributed by atoms with Crippen molar-refractivity contribution >= 4 is 7.48 Å². The molecule has 0 amide bonds. The molecule has 0 aliphatic heterocycles. The van der Waals surface area contributed by atoms with Crippen molar-refractivity contribution in [3.8, 4) is 0 Å². The zero-order chi connectivity index (χ0) is 6.53. The van der Waals surface area contributed by atoms with E-state index >= 15 is 0 Å². The van der Waals surface area contributed by atoms with Gasteiger partial charge in [-0.1, -0.05) is 24.9 Å². The Bertz CT molecular complexity index is 95.1. The van der Waals surface area contributed by atoms with E-state index in [9.17, 15) is 0 Å². The van der Waals surface area contributed by atoms with Gasteiger partial charge in [-0.2, -0.15) is 0 Å². The molecule has 1 rings (SSSR count). The molecule has 0 atom stereocenters. The average molecular weight is 123 g/mol. The first-order valence-corrected chi connectivity index (χ1v) is 3.57. The first-order valence-electron chi connectivity index (χ1n) is 3.57. The van der Waals surface area contributed by atoms with Crippen LogP contribution in [-0.4, -0.2) is 12.5 Å². The summed E-state index contributed by atoms with van der Waals surface area (Å²) in [5.41, 5.74) is 0. The molecule has 0 bridgehead atoms. The van der Waals surface area contributed by atoms with Gasteiger partial charge in [-0.15, -0.1) is 0 Å². The van der Waals surface area contributed by atoms with Crippen LogP contribution >= 0.6 is 0 Å². The van der Waals surface area contributed by atoms with Gasteiger partial charge >= 0.3 is 7.48 Å². The number of rotatable bonds is 2. The van der Waals surface area contributed by atoms with Gasteiger partial charge in [0.1, 0.15) is 0 Å². The highest BCUT2D eigenvalue weighted by Gasteiger charge is 2.10. The minimum atomic E-state index is 0.744. The fraction of sp³-hybridized carbons (Fsp3) is 0.714. The summed E-state index contributed by atoms with van der Waals surface area (Å²) in [5, 5.41) is 8.31. The number of hydrogen-bond acceptors (Lipinski definition) is 1. The van der Waals surface area contributed by atoms with Crippen molar-refractivity contribution in [2.75, 3.05) is 0 Å². The summed E-state index contributed by atoms with van der Waals surface area (Å²) in [6.07, 6.45) is 7.43. The third-order valence-electron chi connectivity index (χ3n) is 1.87. The van der Waals surface area contributed by atoms with Gasteiger partial charge < -0.3 is 5.02 Å². The van der Waals surface area contributed by atoms with Crippen molar-refractivity contribution in [1.29, 1.82) is 0 Å². The molecule has 0 aromatic heterocycles. The highest BCUT2D eigenvalue weighted by molar-refractivity contribution is 6.32. The molecular weight excluding hydrogens is 111 g/mol. The van der Waals surface area contributed by atoms with Gasteiger partial charge in [0.15, 0.2) is 0 Å². The second-order valence-electron chi connectivity index (χ2n) is 2.58. The van der Waals surface area contributed by atoms with E-state index in [0.717, 1.165) is 13.4 Å². The minimum absolute atomic E-state index is 0.744. The molecule has 1 saturated carbocycles. The third kappa shape index (κ3) is 2.23. The van der Waals surface area contributed by atoms with E-state index in [1.807, 2.05) is 0 Å². The lowest BCUT2D eigenvalue weighted by Crippen LogP contribution is -1.87. The van der Waals surface area contributed by atoms with Crippen LogP contribution in [0.15, 0.2) is 12.1 Å². The molecule has 1 nitrogen and oxygen atoms in total. The van der Waals surface area contributed by atoms with Crippen LogP contribution < -0.4 is 0 Å². The summed E-state index contributed by atoms with van der Waals surface area (Å²) in [6.45, 7) is 0. The second kappa shape index (κ2) is 3.73. The lowest BCUT2D eigenvalue weighted by molar-refractivity contribution is 0.612. The molecule has 1 N–H and O–H groups in total. The number of allylic oxidation sites excluding steroid dienone is 1. The first-order chi connectivity index (χ1) is 4.43. The Morgan fingerprint density at radius 3 is 2.56 bits per heavy atom. The van der Waals surface area contributed by atoms with Crippen molar-refractivity contribution in [3.63, 3.8) is 0 Å². The van der Waals surface area contributed by atoms with E-state index < -0.39 is 0 Å². The average Bonchev–Trinajstić information content (AvgIpc) is 2.34. The van der Waals surface area contributed by atoms with Gasteiger partial charge in [0, 0.05) is 0 Å². The lowest BCUT2D eigenvalue weighted by atomic mass is 9.97. The van der Waals surface area contributed by atoms with Crippen LogP contribution in [0.1, 0.15) is 25.7 Å². The quantitative estimate of drug-likeness (QED) is 0.548. The van der Waals surface area contributed by atoms with E-state index in [1.165, 1.54) is 25.7 Å². The highest BCUT2D eigenvalue weighted by Crippen LogP contribution is 2.25. The van der Waals surface area contributed by atoms with Crippen molar-refractivity contribution in [2.24, 2.45) is 5.92 Å². The van der Waals surface area contributed by atoms with Crippen LogP contribution in [0.25, 0.3) is 0 Å². The summed E-state index contributed by atoms with van der Waals surface area (Å²) in [7, 11) is 1.11. The lowest BCUT2D eigenvalue weighted by Gasteiger charge is -1.97. The molecule has 1 aliphatic rings. The molecular formula is C7H12BO. The SMILES string of the molecule is O[B]/C=C/C1CCCC1. The third-order valence-corrected chi connectivity index (χ3v) is 1.87. The number of hydrogen-bond donors (Lipinski definition) is 1. The summed E-state index contributed by atoms with van der Waals surface area (Å²) >= 11 is 0. The topological polar surface area (TPSA) is 20.2 Å². The maximum absolute atomic E-state index is 8.31. The molecule has 1 radical (unpaired) electrons. The van der Waals surface area contributed by atoms with Gasteiger partial charge in [0.05, 0.1) is 0 Å². The summed E-state index contributed by atoms with van der Waals surface area (Å²) in [6, 6.07) is 0. The molecule has 2 heteroatoms. The fourth-order valence-corrected chi connectivity index (χ4v) is 1.36. The van der Waals surface area contributed by atoms with E-state index in [-0.39, 0.29) is 0 Å². The monoisotopic (exact) mass is 123 g/mol. The van der Waals surface area contributed by atoms with Crippen molar-refractivity contribution in [2.45, 2.75) is 25.7 Å². The molecule has 1 fully saturated rings. The molecule has 0 aromatic carbocycles. The highest BCUT2D eigenvalue weighted by atomic mass is 16.2. The molecule has 0 saturated heterocycles. The second-order valence-corrected chi connectivity index (χ2v) is 2.58. The fourth-order valence-electron chi connectivity index (χ4n) is 1.36. The Labute approximate surface area is 57.0 Å². The summed E-state index contributed by atoms with van der Waals surface area (Å²) < 4.78 is 0. The largest absolute Gasteiger partial charge is 0.450 e. The van der Waals surface area contributed by atoms with E-state index in [4.69, 9.17) is 5.02 Å². The molecule has 0 unspecified atom stereocenters. The van der Waals surface area contributed by atoms with Gasteiger partial charge in [-0.25, -0.2) is 0 Å². The minimum Gasteiger partial charge on any atom is -0.450 e. The normalized spacial score (nSPS) is 21.4. The van der Waals surface area contributed by atoms with E-state index in [1.54, 1.807) is 5.98 Å². The molecule has 0 spiro atoms. The standard InChI is InChI=1S/C7H12BO/c9-8-6-5-7-3-1-2-4-7/h5-7,9H,1-4H2/b6-5+. The van der Waals surface area contributed by atoms with Crippen LogP contribution in [0.4, 0.5) is 0 Å². The molecule has 0 aromatic rings. The van der Waals surface area contributed by atoms with E-state index in [0.29, 0.717) is 0 Å². The predicted molar refractivity (Wildman–Crippen MR) is 39.1 cm³/mol. The summed E-state index contributed by atoms with van der Waals surface area (Å²) in [4.78, 5) is 0.